The van der Waals surface area contributed by atoms with Crippen molar-refractivity contribution in [2.75, 3.05) is 29.1 Å². The van der Waals surface area contributed by atoms with Gasteiger partial charge in [0.25, 0.3) is 0 Å². The van der Waals surface area contributed by atoms with Crippen molar-refractivity contribution in [3.8, 4) is 0 Å². The van der Waals surface area contributed by atoms with E-state index in [0.717, 1.165) is 46.8 Å². The van der Waals surface area contributed by atoms with Gasteiger partial charge in [0.05, 0.1) is 18.6 Å². The number of nitrogens with one attached hydrogen (secondary N) is 1. The first-order valence-electron chi connectivity index (χ1n) is 11.1. The van der Waals surface area contributed by atoms with Gasteiger partial charge < -0.3 is 14.6 Å². The Morgan fingerprint density at radius 1 is 1.12 bits per heavy atom. The first kappa shape index (κ1) is 22.5. The predicted molar refractivity (Wildman–Crippen MR) is 128 cm³/mol. The number of furan rings is 1. The molecule has 0 bridgehead atoms. The smallest absolute Gasteiger partial charge is 0.234 e. The fourth-order valence-electron chi connectivity index (χ4n) is 4.46. The maximum atomic E-state index is 12.7. The van der Waals surface area contributed by atoms with Gasteiger partial charge >= 0.3 is 0 Å². The lowest BCUT2D eigenvalue weighted by Gasteiger charge is -2.35. The molecule has 0 spiro atoms. The molecule has 3 heterocycles. The summed E-state index contributed by atoms with van der Waals surface area (Å²) in [6, 6.07) is 9.84. The molecule has 0 radical (unpaired) electrons. The van der Waals surface area contributed by atoms with Crippen LogP contribution in [0.25, 0.3) is 0 Å². The molecule has 1 amide bonds. The number of nitrogens with zero attached hydrogens (tertiary/aromatic N) is 4. The molecule has 4 rings (SSSR count). The zero-order chi connectivity index (χ0) is 22.7. The summed E-state index contributed by atoms with van der Waals surface area (Å²) in [6.45, 7) is 11.0. The molecule has 1 aliphatic heterocycles. The van der Waals surface area contributed by atoms with Crippen LogP contribution in [-0.4, -0.2) is 39.5 Å². The summed E-state index contributed by atoms with van der Waals surface area (Å²) in [4.78, 5) is 15.0. The lowest BCUT2D eigenvalue weighted by atomic mass is 9.92. The van der Waals surface area contributed by atoms with Crippen LogP contribution in [0.1, 0.15) is 37.2 Å². The van der Waals surface area contributed by atoms with E-state index in [1.165, 1.54) is 18.2 Å². The third-order valence-electron chi connectivity index (χ3n) is 5.82. The molecule has 2 unspecified atom stereocenters. The van der Waals surface area contributed by atoms with Crippen LogP contribution >= 0.6 is 11.8 Å². The number of anilines is 2. The molecular formula is C24H31N5O2S. The van der Waals surface area contributed by atoms with Crippen molar-refractivity contribution in [3.05, 3.63) is 53.5 Å². The summed E-state index contributed by atoms with van der Waals surface area (Å²) < 4.78 is 7.66. The number of piperidine rings is 1. The number of aromatic nitrogens is 3. The Morgan fingerprint density at radius 3 is 2.50 bits per heavy atom. The molecule has 8 heteroatoms. The molecule has 3 aromatic rings. The topological polar surface area (TPSA) is 76.2 Å². The van der Waals surface area contributed by atoms with E-state index in [2.05, 4.69) is 38.8 Å². The Kier molecular flexibility index (Phi) is 6.89. The van der Waals surface area contributed by atoms with Crippen LogP contribution in [0.15, 0.2) is 46.2 Å². The molecule has 170 valence electrons. The third kappa shape index (κ3) is 5.18. The number of aryl methyl sites for hydroxylation is 2. The number of carbonyl (C=O) groups is 1. The van der Waals surface area contributed by atoms with Crippen LogP contribution in [0.4, 0.5) is 11.6 Å². The van der Waals surface area contributed by atoms with Gasteiger partial charge in [-0.3, -0.25) is 9.36 Å². The number of hydrogen-bond donors (Lipinski definition) is 1. The van der Waals surface area contributed by atoms with Crippen LogP contribution < -0.4 is 10.2 Å². The molecule has 1 fully saturated rings. The van der Waals surface area contributed by atoms with E-state index in [-0.39, 0.29) is 11.7 Å². The summed E-state index contributed by atoms with van der Waals surface area (Å²) in [6.07, 6.45) is 2.90. The van der Waals surface area contributed by atoms with Crippen LogP contribution in [0.3, 0.4) is 0 Å². The van der Waals surface area contributed by atoms with Crippen LogP contribution in [0.5, 0.6) is 0 Å². The van der Waals surface area contributed by atoms with Crippen molar-refractivity contribution in [3.63, 3.8) is 0 Å². The van der Waals surface area contributed by atoms with Gasteiger partial charge in [0, 0.05) is 18.8 Å². The van der Waals surface area contributed by atoms with Crippen molar-refractivity contribution in [2.24, 2.45) is 11.8 Å². The number of amides is 1. The number of rotatable bonds is 7. The Balaban J connectivity index is 1.51. The van der Waals surface area contributed by atoms with E-state index in [0.29, 0.717) is 18.4 Å². The van der Waals surface area contributed by atoms with Crippen LogP contribution in [-0.2, 0) is 11.3 Å². The van der Waals surface area contributed by atoms with Crippen molar-refractivity contribution >= 4 is 29.3 Å². The molecule has 32 heavy (non-hydrogen) atoms. The number of benzene rings is 1. The van der Waals surface area contributed by atoms with Crippen molar-refractivity contribution in [1.29, 1.82) is 0 Å². The fraction of sp³-hybridized carbons (Fsp3) is 0.458. The molecule has 1 saturated heterocycles. The highest BCUT2D eigenvalue weighted by atomic mass is 32.2. The van der Waals surface area contributed by atoms with E-state index < -0.39 is 0 Å². The minimum absolute atomic E-state index is 0.0540. The zero-order valence-corrected chi connectivity index (χ0v) is 20.0. The van der Waals surface area contributed by atoms with Gasteiger partial charge in [-0.05, 0) is 55.4 Å². The standard InChI is InChI=1S/C24H31N5O2S/c1-16-11-17(2)13-28(12-16)23-26-27-24(29(23)14-20-9-6-10-31-20)32-15-21(30)25-22-18(3)7-5-8-19(22)4/h5-10,16-17H,11-15H2,1-4H3,(H,25,30). The number of carbonyl (C=O) groups excluding carboxylic acids is 1. The monoisotopic (exact) mass is 453 g/mol. The minimum atomic E-state index is -0.0540. The highest BCUT2D eigenvalue weighted by molar-refractivity contribution is 7.99. The molecule has 2 aromatic heterocycles. The van der Waals surface area contributed by atoms with Gasteiger partial charge in [0.15, 0.2) is 5.16 Å². The molecule has 7 nitrogen and oxygen atoms in total. The van der Waals surface area contributed by atoms with Crippen molar-refractivity contribution in [1.82, 2.24) is 14.8 Å². The molecule has 1 aromatic carbocycles. The number of hydrogen-bond acceptors (Lipinski definition) is 6. The highest BCUT2D eigenvalue weighted by Gasteiger charge is 2.27. The normalized spacial score (nSPS) is 18.7. The lowest BCUT2D eigenvalue weighted by Crippen LogP contribution is -2.40. The Labute approximate surface area is 193 Å². The van der Waals surface area contributed by atoms with E-state index in [1.54, 1.807) is 6.26 Å². The SMILES string of the molecule is Cc1cccc(C)c1NC(=O)CSc1nnc(N2CC(C)CC(C)C2)n1Cc1ccco1. The Morgan fingerprint density at radius 2 is 1.84 bits per heavy atom. The summed E-state index contributed by atoms with van der Waals surface area (Å²) in [7, 11) is 0. The zero-order valence-electron chi connectivity index (χ0n) is 19.2. The molecule has 0 aliphatic carbocycles. The first-order valence-corrected chi connectivity index (χ1v) is 12.1. The summed E-state index contributed by atoms with van der Waals surface area (Å²) in [5, 5.41) is 12.7. The fourth-order valence-corrected chi connectivity index (χ4v) is 5.19. The molecular weight excluding hydrogens is 422 g/mol. The summed E-state index contributed by atoms with van der Waals surface area (Å²) >= 11 is 1.40. The van der Waals surface area contributed by atoms with E-state index >= 15 is 0 Å². The van der Waals surface area contributed by atoms with E-state index in [1.807, 2.05) is 44.2 Å². The maximum Gasteiger partial charge on any atom is 0.234 e. The average Bonchev–Trinajstić information content (AvgIpc) is 3.39. The van der Waals surface area contributed by atoms with Gasteiger partial charge in [-0.2, -0.15) is 0 Å². The highest BCUT2D eigenvalue weighted by Crippen LogP contribution is 2.29. The maximum absolute atomic E-state index is 12.7. The Bertz CT molecular complexity index is 1030. The molecule has 2 atom stereocenters. The van der Waals surface area contributed by atoms with Gasteiger partial charge in [0.1, 0.15) is 5.76 Å². The van der Waals surface area contributed by atoms with Crippen LogP contribution in [0.2, 0.25) is 0 Å². The predicted octanol–water partition coefficient (Wildman–Crippen LogP) is 4.75. The van der Waals surface area contributed by atoms with Crippen molar-refractivity contribution < 1.29 is 9.21 Å². The van der Waals surface area contributed by atoms with Crippen molar-refractivity contribution in [2.45, 2.75) is 45.8 Å². The summed E-state index contributed by atoms with van der Waals surface area (Å²) in [5.74, 6) is 3.10. The van der Waals surface area contributed by atoms with E-state index in [4.69, 9.17) is 4.42 Å². The Hall–Kier alpha value is -2.74. The molecule has 1 N–H and O–H groups in total. The third-order valence-corrected chi connectivity index (χ3v) is 6.79. The van der Waals surface area contributed by atoms with Gasteiger partial charge in [0.2, 0.25) is 11.9 Å². The first-order chi connectivity index (χ1) is 15.4. The van der Waals surface area contributed by atoms with Crippen LogP contribution in [0, 0.1) is 25.7 Å². The average molecular weight is 454 g/mol. The van der Waals surface area contributed by atoms with E-state index in [9.17, 15) is 4.79 Å². The van der Waals surface area contributed by atoms with Gasteiger partial charge in [-0.25, -0.2) is 0 Å². The summed E-state index contributed by atoms with van der Waals surface area (Å²) in [5.41, 5.74) is 2.99. The van der Waals surface area contributed by atoms with Gasteiger partial charge in [-0.1, -0.05) is 43.8 Å². The largest absolute Gasteiger partial charge is 0.467 e. The minimum Gasteiger partial charge on any atom is -0.467 e. The molecule has 0 saturated carbocycles. The second kappa shape index (κ2) is 9.81. The van der Waals surface area contributed by atoms with Gasteiger partial charge in [-0.15, -0.1) is 10.2 Å². The quantitative estimate of drug-likeness (QED) is 0.520. The second-order valence-electron chi connectivity index (χ2n) is 8.90. The lowest BCUT2D eigenvalue weighted by molar-refractivity contribution is -0.113. The number of para-hydroxylation sites is 1. The molecule has 1 aliphatic rings. The number of thioether (sulfide) groups is 1. The second-order valence-corrected chi connectivity index (χ2v) is 9.85.